The molecule has 1 aromatic rings. The second-order valence-electron chi connectivity index (χ2n) is 6.39. The van der Waals surface area contributed by atoms with Gasteiger partial charge in [-0.1, -0.05) is 6.07 Å². The van der Waals surface area contributed by atoms with Crippen molar-refractivity contribution in [3.63, 3.8) is 0 Å². The molecule has 6 N–H and O–H groups in total. The molecule has 0 spiro atoms. The first-order valence-corrected chi connectivity index (χ1v) is 7.96. The molecule has 1 saturated heterocycles. The summed E-state index contributed by atoms with van der Waals surface area (Å²) in [7, 11) is -1.47. The molecule has 2 aliphatic rings. The Morgan fingerprint density at radius 3 is 2.62 bits per heavy atom. The van der Waals surface area contributed by atoms with Gasteiger partial charge in [0, 0.05) is 32.0 Å². The lowest BCUT2D eigenvalue weighted by molar-refractivity contribution is 0.0210. The van der Waals surface area contributed by atoms with Gasteiger partial charge in [-0.15, -0.1) is 0 Å². The summed E-state index contributed by atoms with van der Waals surface area (Å²) in [6.45, 7) is 2.66. The fourth-order valence-electron chi connectivity index (χ4n) is 3.24. The van der Waals surface area contributed by atoms with Crippen molar-refractivity contribution in [2.45, 2.75) is 24.3 Å². The second-order valence-corrected chi connectivity index (χ2v) is 6.39. The van der Waals surface area contributed by atoms with Crippen LogP contribution in [-0.2, 0) is 0 Å². The van der Waals surface area contributed by atoms with E-state index in [0.29, 0.717) is 31.6 Å². The predicted molar refractivity (Wildman–Crippen MR) is 86.3 cm³/mol. The average molecular weight is 336 g/mol. The van der Waals surface area contributed by atoms with Crippen molar-refractivity contribution in [3.8, 4) is 11.5 Å². The SMILES string of the molecule is NCCN1CC(Oc2ccc([C@@H]3C[C@@H]3B(O)O)c(O)c2C(=O)O)C1. The summed E-state index contributed by atoms with van der Waals surface area (Å²) in [5, 5.41) is 38.1. The van der Waals surface area contributed by atoms with Gasteiger partial charge in [-0.25, -0.2) is 4.79 Å². The molecule has 2 atom stereocenters. The summed E-state index contributed by atoms with van der Waals surface area (Å²) < 4.78 is 5.71. The van der Waals surface area contributed by atoms with E-state index in [1.807, 2.05) is 0 Å². The minimum Gasteiger partial charge on any atom is -0.507 e. The summed E-state index contributed by atoms with van der Waals surface area (Å²) in [6, 6.07) is 3.13. The van der Waals surface area contributed by atoms with Gasteiger partial charge in [0.1, 0.15) is 23.2 Å². The summed E-state index contributed by atoms with van der Waals surface area (Å²) in [6.07, 6.45) is 0.370. The maximum absolute atomic E-state index is 11.5. The summed E-state index contributed by atoms with van der Waals surface area (Å²) in [5.41, 5.74) is 5.61. The van der Waals surface area contributed by atoms with E-state index >= 15 is 0 Å². The van der Waals surface area contributed by atoms with Gasteiger partial charge in [-0.2, -0.15) is 0 Å². The smallest absolute Gasteiger partial charge is 0.455 e. The molecule has 9 heteroatoms. The molecule has 1 aromatic carbocycles. The van der Waals surface area contributed by atoms with Crippen LogP contribution in [0.15, 0.2) is 12.1 Å². The minimum atomic E-state index is -1.47. The number of phenols is 1. The third-order valence-corrected chi connectivity index (χ3v) is 4.67. The van der Waals surface area contributed by atoms with E-state index < -0.39 is 13.1 Å². The zero-order valence-electron chi connectivity index (χ0n) is 13.1. The lowest BCUT2D eigenvalue weighted by atomic mass is 9.81. The standard InChI is InChI=1S/C15H21BN2O6/c17-3-4-18-6-8(7-18)24-12-2-1-9(10-5-11(10)16(22)23)14(19)13(12)15(20)21/h1-2,8,10-11,19,22-23H,3-7,17H2,(H,20,21)/t10-,11-/m0/s1. The minimum absolute atomic E-state index is 0.128. The van der Waals surface area contributed by atoms with E-state index in [0.717, 1.165) is 6.54 Å². The number of hydrogen-bond acceptors (Lipinski definition) is 7. The highest BCUT2D eigenvalue weighted by Gasteiger charge is 2.48. The highest BCUT2D eigenvalue weighted by Crippen LogP contribution is 2.56. The van der Waals surface area contributed by atoms with Crippen LogP contribution in [0.5, 0.6) is 11.5 Å². The first kappa shape index (κ1) is 17.0. The molecule has 130 valence electrons. The van der Waals surface area contributed by atoms with Crippen LogP contribution in [-0.4, -0.2) is 70.5 Å². The van der Waals surface area contributed by atoms with Gasteiger partial charge in [0.2, 0.25) is 0 Å². The molecule has 8 nitrogen and oxygen atoms in total. The average Bonchev–Trinajstić information content (AvgIpc) is 3.25. The Morgan fingerprint density at radius 1 is 1.38 bits per heavy atom. The summed E-state index contributed by atoms with van der Waals surface area (Å²) in [5.74, 6) is -2.12. The van der Waals surface area contributed by atoms with Gasteiger partial charge in [-0.3, -0.25) is 4.90 Å². The van der Waals surface area contributed by atoms with Crippen LogP contribution in [0.2, 0.25) is 5.82 Å². The topological polar surface area (TPSA) is 136 Å². The summed E-state index contributed by atoms with van der Waals surface area (Å²) in [4.78, 5) is 13.6. The molecule has 0 unspecified atom stereocenters. The van der Waals surface area contributed by atoms with Gasteiger partial charge < -0.3 is 30.7 Å². The Kier molecular flexibility index (Phi) is 4.68. The fourth-order valence-corrected chi connectivity index (χ4v) is 3.24. The van der Waals surface area contributed by atoms with E-state index in [1.54, 1.807) is 6.07 Å². The molecule has 0 radical (unpaired) electrons. The molecule has 3 rings (SSSR count). The van der Waals surface area contributed by atoms with E-state index in [9.17, 15) is 25.1 Å². The Hall–Kier alpha value is -1.81. The van der Waals surface area contributed by atoms with E-state index in [1.165, 1.54) is 6.07 Å². The van der Waals surface area contributed by atoms with Gasteiger partial charge in [0.05, 0.1) is 0 Å². The summed E-state index contributed by atoms with van der Waals surface area (Å²) >= 11 is 0. The number of nitrogens with two attached hydrogens (primary N) is 1. The number of aromatic hydroxyl groups is 1. The number of aromatic carboxylic acids is 1. The van der Waals surface area contributed by atoms with Gasteiger partial charge in [-0.05, 0) is 24.0 Å². The van der Waals surface area contributed by atoms with Crippen molar-refractivity contribution in [1.29, 1.82) is 0 Å². The van der Waals surface area contributed by atoms with Gasteiger partial charge >= 0.3 is 13.1 Å². The first-order chi connectivity index (χ1) is 11.4. The number of rotatable bonds is 7. The van der Waals surface area contributed by atoms with Crippen molar-refractivity contribution >= 4 is 13.1 Å². The Bertz CT molecular complexity index is 635. The fraction of sp³-hybridized carbons (Fsp3) is 0.533. The Morgan fingerprint density at radius 2 is 2.08 bits per heavy atom. The number of nitrogens with zero attached hydrogens (tertiary/aromatic N) is 1. The van der Waals surface area contributed by atoms with Crippen molar-refractivity contribution in [3.05, 3.63) is 23.3 Å². The van der Waals surface area contributed by atoms with Crippen molar-refractivity contribution in [2.24, 2.45) is 5.73 Å². The number of benzene rings is 1. The largest absolute Gasteiger partial charge is 0.507 e. The zero-order chi connectivity index (χ0) is 17.4. The highest BCUT2D eigenvalue weighted by molar-refractivity contribution is 6.44. The molecular formula is C15H21BN2O6. The molecule has 0 aromatic heterocycles. The van der Waals surface area contributed by atoms with Crippen LogP contribution < -0.4 is 10.5 Å². The van der Waals surface area contributed by atoms with E-state index in [-0.39, 0.29) is 34.9 Å². The zero-order valence-corrected chi connectivity index (χ0v) is 13.1. The van der Waals surface area contributed by atoms with Crippen LogP contribution in [0.1, 0.15) is 28.3 Å². The van der Waals surface area contributed by atoms with Crippen LogP contribution in [0.4, 0.5) is 0 Å². The Labute approximate surface area is 139 Å². The molecule has 0 amide bonds. The second kappa shape index (κ2) is 6.60. The Balaban J connectivity index is 1.76. The molecule has 1 aliphatic carbocycles. The van der Waals surface area contributed by atoms with E-state index in [4.69, 9.17) is 10.5 Å². The van der Waals surface area contributed by atoms with Crippen LogP contribution in [0, 0.1) is 0 Å². The van der Waals surface area contributed by atoms with Crippen molar-refractivity contribution in [1.82, 2.24) is 4.90 Å². The molecule has 2 fully saturated rings. The number of carboxylic acids is 1. The maximum Gasteiger partial charge on any atom is 0.455 e. The third kappa shape index (κ3) is 3.20. The number of ether oxygens (including phenoxy) is 1. The number of hydrogen-bond donors (Lipinski definition) is 5. The maximum atomic E-state index is 11.5. The number of carboxylic acid groups (broad SMARTS) is 1. The molecular weight excluding hydrogens is 315 g/mol. The quantitative estimate of drug-likeness (QED) is 0.418. The third-order valence-electron chi connectivity index (χ3n) is 4.67. The molecule has 1 aliphatic heterocycles. The normalized spacial score (nSPS) is 23.6. The predicted octanol–water partition coefficient (Wildman–Crippen LogP) is -0.558. The van der Waals surface area contributed by atoms with Gasteiger partial charge in [0.25, 0.3) is 0 Å². The van der Waals surface area contributed by atoms with Crippen LogP contribution in [0.3, 0.4) is 0 Å². The molecule has 1 heterocycles. The lowest BCUT2D eigenvalue weighted by Gasteiger charge is -2.38. The first-order valence-electron chi connectivity index (χ1n) is 7.96. The number of likely N-dealkylation sites (tertiary alicyclic amines) is 1. The van der Waals surface area contributed by atoms with Crippen LogP contribution in [0.25, 0.3) is 0 Å². The number of carbonyl (C=O) groups is 1. The van der Waals surface area contributed by atoms with Crippen molar-refractivity contribution < 1.29 is 29.8 Å². The molecule has 1 saturated carbocycles. The molecule has 24 heavy (non-hydrogen) atoms. The van der Waals surface area contributed by atoms with E-state index in [2.05, 4.69) is 4.90 Å². The monoisotopic (exact) mass is 336 g/mol. The lowest BCUT2D eigenvalue weighted by Crippen LogP contribution is -2.55. The van der Waals surface area contributed by atoms with Crippen molar-refractivity contribution in [2.75, 3.05) is 26.2 Å². The van der Waals surface area contributed by atoms with Gasteiger partial charge in [0.15, 0.2) is 0 Å². The van der Waals surface area contributed by atoms with Crippen LogP contribution >= 0.6 is 0 Å². The highest BCUT2D eigenvalue weighted by atomic mass is 16.5. The molecule has 0 bridgehead atoms.